The lowest BCUT2D eigenvalue weighted by molar-refractivity contribution is 0.607. The molecule has 0 saturated heterocycles. The van der Waals surface area contributed by atoms with Crippen LogP contribution in [0, 0.1) is 0 Å². The van der Waals surface area contributed by atoms with Crippen molar-refractivity contribution in [2.45, 2.75) is 6.42 Å². The van der Waals surface area contributed by atoms with Crippen molar-refractivity contribution >= 4 is 9.12 Å². The Morgan fingerprint density at radius 1 is 0.619 bits per heavy atom. The summed E-state index contributed by atoms with van der Waals surface area (Å²) >= 11 is 0. The van der Waals surface area contributed by atoms with Gasteiger partial charge in [-0.1, -0.05) is 89.5 Å². The second kappa shape index (κ2) is 8.14. The summed E-state index contributed by atoms with van der Waals surface area (Å²) in [7, 11) is 1.17. The summed E-state index contributed by atoms with van der Waals surface area (Å²) in [5.41, 5.74) is 5.34. The highest BCUT2D eigenvalue weighted by molar-refractivity contribution is 7.00. The van der Waals surface area contributed by atoms with Gasteiger partial charge in [-0.3, -0.25) is 0 Å². The van der Waals surface area contributed by atoms with Gasteiger partial charge < -0.3 is 0 Å². The SMILES string of the molecule is O=[PH2+].c1ccc(Cc2ccccc2-c2ccccc2)cc1. The predicted octanol–water partition coefficient (Wildman–Crippen LogP) is 5.15. The highest BCUT2D eigenvalue weighted by atomic mass is 31.0. The summed E-state index contributed by atoms with van der Waals surface area (Å²) in [5, 5.41) is 0. The minimum absolute atomic E-state index is 0.978. The van der Waals surface area contributed by atoms with Crippen LogP contribution < -0.4 is 0 Å². The lowest BCUT2D eigenvalue weighted by Gasteiger charge is -2.09. The van der Waals surface area contributed by atoms with Gasteiger partial charge in [-0.15, -0.1) is 0 Å². The topological polar surface area (TPSA) is 17.1 Å². The smallest absolute Gasteiger partial charge is 0.0801 e. The van der Waals surface area contributed by atoms with E-state index in [2.05, 4.69) is 84.9 Å². The molecule has 2 heteroatoms. The van der Waals surface area contributed by atoms with E-state index in [4.69, 9.17) is 4.57 Å². The van der Waals surface area contributed by atoms with Gasteiger partial charge in [0.15, 0.2) is 0 Å². The molecule has 1 nitrogen and oxygen atoms in total. The Kier molecular flexibility index (Phi) is 5.87. The second-order valence-corrected chi connectivity index (χ2v) is 4.69. The quantitative estimate of drug-likeness (QED) is 0.610. The molecule has 0 N–H and O–H groups in total. The maximum atomic E-state index is 8.17. The van der Waals surface area contributed by atoms with Crippen molar-refractivity contribution in [1.29, 1.82) is 0 Å². The van der Waals surface area contributed by atoms with E-state index in [-0.39, 0.29) is 0 Å². The molecule has 1 atom stereocenters. The summed E-state index contributed by atoms with van der Waals surface area (Å²) in [6, 6.07) is 29.8. The summed E-state index contributed by atoms with van der Waals surface area (Å²) < 4.78 is 8.17. The zero-order valence-corrected chi connectivity index (χ0v) is 12.9. The van der Waals surface area contributed by atoms with Crippen LogP contribution in [0.5, 0.6) is 0 Å². The molecule has 3 aromatic carbocycles. The zero-order valence-electron chi connectivity index (χ0n) is 11.8. The fourth-order valence-electron chi connectivity index (χ4n) is 2.39. The molecule has 104 valence electrons. The Labute approximate surface area is 127 Å². The standard InChI is InChI=1S/C19H16.H2OP/c1-3-9-16(10-4-1)15-18-13-7-8-14-19(18)17-11-5-2-6-12-17;1-2/h1-14H,15H2;2H2/q;+1. The Balaban J connectivity index is 0.000000774. The van der Waals surface area contributed by atoms with Gasteiger partial charge in [-0.2, -0.15) is 0 Å². The van der Waals surface area contributed by atoms with Crippen molar-refractivity contribution in [2.75, 3.05) is 0 Å². The molecule has 0 fully saturated rings. The van der Waals surface area contributed by atoms with Gasteiger partial charge in [0.2, 0.25) is 0 Å². The third-order valence-electron chi connectivity index (χ3n) is 3.34. The first-order chi connectivity index (χ1) is 10.4. The Morgan fingerprint density at radius 2 is 1.14 bits per heavy atom. The van der Waals surface area contributed by atoms with Gasteiger partial charge in [0.05, 0.1) is 0 Å². The van der Waals surface area contributed by atoms with Gasteiger partial charge >= 0.3 is 9.12 Å². The molecule has 21 heavy (non-hydrogen) atoms. The molecule has 0 heterocycles. The van der Waals surface area contributed by atoms with Crippen molar-refractivity contribution in [1.82, 2.24) is 0 Å². The number of hydrogen-bond donors (Lipinski definition) is 0. The molecule has 0 amide bonds. The van der Waals surface area contributed by atoms with Crippen LogP contribution in [0.3, 0.4) is 0 Å². The lowest BCUT2D eigenvalue weighted by Crippen LogP contribution is -1.91. The lowest BCUT2D eigenvalue weighted by atomic mass is 9.95. The monoisotopic (exact) mass is 293 g/mol. The Morgan fingerprint density at radius 3 is 1.81 bits per heavy atom. The van der Waals surface area contributed by atoms with Gasteiger partial charge in [0.1, 0.15) is 0 Å². The van der Waals surface area contributed by atoms with E-state index in [1.54, 1.807) is 0 Å². The Hall–Kier alpha value is -2.24. The van der Waals surface area contributed by atoms with E-state index in [1.807, 2.05) is 0 Å². The van der Waals surface area contributed by atoms with E-state index in [1.165, 1.54) is 31.4 Å². The molecule has 0 bridgehead atoms. The first-order valence-corrected chi connectivity index (χ1v) is 7.31. The van der Waals surface area contributed by atoms with E-state index in [9.17, 15) is 0 Å². The first kappa shape index (κ1) is 15.2. The van der Waals surface area contributed by atoms with Crippen molar-refractivity contribution in [3.8, 4) is 11.1 Å². The molecule has 3 rings (SSSR count). The number of rotatable bonds is 3. The summed E-state index contributed by atoms with van der Waals surface area (Å²) in [6.45, 7) is 0. The molecule has 0 radical (unpaired) electrons. The minimum atomic E-state index is 0.978. The van der Waals surface area contributed by atoms with Crippen LogP contribution in [0.1, 0.15) is 11.1 Å². The molecule has 0 aliphatic heterocycles. The molecule has 0 aliphatic rings. The average Bonchev–Trinajstić information content (AvgIpc) is 2.59. The van der Waals surface area contributed by atoms with Crippen LogP contribution in [-0.4, -0.2) is 0 Å². The molecule has 0 spiro atoms. The second-order valence-electron chi connectivity index (χ2n) is 4.69. The summed E-state index contributed by atoms with van der Waals surface area (Å²) in [4.78, 5) is 0. The Bertz CT molecular complexity index is 665. The van der Waals surface area contributed by atoms with Crippen molar-refractivity contribution in [2.24, 2.45) is 0 Å². The maximum Gasteiger partial charge on any atom is 0.310 e. The van der Waals surface area contributed by atoms with E-state index in [0.29, 0.717) is 0 Å². The molecule has 0 aliphatic carbocycles. The minimum Gasteiger partial charge on any atom is -0.0801 e. The van der Waals surface area contributed by atoms with E-state index >= 15 is 0 Å². The predicted molar refractivity (Wildman–Crippen MR) is 91.5 cm³/mol. The highest BCUT2D eigenvalue weighted by Gasteiger charge is 2.04. The van der Waals surface area contributed by atoms with Crippen LogP contribution in [0.2, 0.25) is 0 Å². The fraction of sp³-hybridized carbons (Fsp3) is 0.0526. The third kappa shape index (κ3) is 4.11. The van der Waals surface area contributed by atoms with Crippen LogP contribution in [-0.2, 0) is 11.0 Å². The first-order valence-electron chi connectivity index (χ1n) is 6.84. The van der Waals surface area contributed by atoms with Gasteiger partial charge in [-0.05, 0) is 28.7 Å². The number of benzene rings is 3. The number of hydrogen-bond acceptors (Lipinski definition) is 1. The van der Waals surface area contributed by atoms with Crippen molar-refractivity contribution in [3.05, 3.63) is 96.1 Å². The molecule has 0 aromatic heterocycles. The van der Waals surface area contributed by atoms with Gasteiger partial charge in [-0.25, -0.2) is 0 Å². The van der Waals surface area contributed by atoms with Crippen LogP contribution >= 0.6 is 9.12 Å². The van der Waals surface area contributed by atoms with Crippen LogP contribution in [0.25, 0.3) is 11.1 Å². The van der Waals surface area contributed by atoms with E-state index in [0.717, 1.165) is 6.42 Å². The van der Waals surface area contributed by atoms with Crippen LogP contribution in [0.4, 0.5) is 0 Å². The van der Waals surface area contributed by atoms with Gasteiger partial charge in [0.25, 0.3) is 0 Å². The largest absolute Gasteiger partial charge is 0.310 e. The molecular formula is C19H18OP+. The van der Waals surface area contributed by atoms with E-state index < -0.39 is 0 Å². The third-order valence-corrected chi connectivity index (χ3v) is 3.34. The normalized spacial score (nSPS) is 9.52. The fourth-order valence-corrected chi connectivity index (χ4v) is 2.39. The van der Waals surface area contributed by atoms with Gasteiger partial charge in [0, 0.05) is 0 Å². The average molecular weight is 293 g/mol. The molecule has 1 unspecified atom stereocenters. The van der Waals surface area contributed by atoms with Crippen molar-refractivity contribution < 1.29 is 4.57 Å². The molecule has 0 saturated carbocycles. The molecular weight excluding hydrogens is 275 g/mol. The van der Waals surface area contributed by atoms with Crippen LogP contribution in [0.15, 0.2) is 84.9 Å². The highest BCUT2D eigenvalue weighted by Crippen LogP contribution is 2.25. The summed E-state index contributed by atoms with van der Waals surface area (Å²) in [5.74, 6) is 0. The van der Waals surface area contributed by atoms with Crippen molar-refractivity contribution in [3.63, 3.8) is 0 Å². The maximum absolute atomic E-state index is 8.17. The zero-order chi connectivity index (χ0) is 14.9. The summed E-state index contributed by atoms with van der Waals surface area (Å²) in [6.07, 6.45) is 0.978. The molecule has 3 aromatic rings.